The van der Waals surface area contributed by atoms with Crippen molar-refractivity contribution in [3.05, 3.63) is 23.9 Å². The van der Waals surface area contributed by atoms with Gasteiger partial charge in [0.25, 0.3) is 5.91 Å². The Balaban J connectivity index is 1.57. The second-order valence-electron chi connectivity index (χ2n) is 8.26. The molecule has 9 heteroatoms. The van der Waals surface area contributed by atoms with Gasteiger partial charge in [-0.1, -0.05) is 0 Å². The first-order chi connectivity index (χ1) is 14.3. The Morgan fingerprint density at radius 3 is 2.47 bits per heavy atom. The number of aromatic nitrogens is 1. The van der Waals surface area contributed by atoms with Gasteiger partial charge >= 0.3 is 0 Å². The van der Waals surface area contributed by atoms with Crippen LogP contribution in [0.4, 0.5) is 5.82 Å². The zero-order valence-electron chi connectivity index (χ0n) is 17.8. The highest BCUT2D eigenvalue weighted by atomic mass is 16.3. The Morgan fingerprint density at radius 2 is 1.80 bits per heavy atom. The smallest absolute Gasteiger partial charge is 0.254 e. The van der Waals surface area contributed by atoms with Gasteiger partial charge in [-0.15, -0.1) is 0 Å². The molecule has 0 spiro atoms. The summed E-state index contributed by atoms with van der Waals surface area (Å²) in [5, 5.41) is 13.8. The Labute approximate surface area is 177 Å². The molecule has 0 radical (unpaired) electrons. The number of rotatable bonds is 4. The summed E-state index contributed by atoms with van der Waals surface area (Å²) in [7, 11) is 0. The number of carbonyl (C=O) groups excluding carboxylic acids is 3. The molecule has 2 fully saturated rings. The van der Waals surface area contributed by atoms with Crippen molar-refractivity contribution >= 4 is 23.5 Å². The number of amides is 3. The molecule has 1 unspecified atom stereocenters. The van der Waals surface area contributed by atoms with Crippen molar-refractivity contribution in [3.63, 3.8) is 0 Å². The van der Waals surface area contributed by atoms with Crippen LogP contribution in [0.25, 0.3) is 0 Å². The fourth-order valence-corrected chi connectivity index (χ4v) is 4.17. The summed E-state index contributed by atoms with van der Waals surface area (Å²) in [6.07, 6.45) is 3.37. The van der Waals surface area contributed by atoms with Gasteiger partial charge in [-0.05, 0) is 31.4 Å². The van der Waals surface area contributed by atoms with E-state index >= 15 is 0 Å². The predicted octanol–water partition coefficient (Wildman–Crippen LogP) is 0.561. The highest BCUT2D eigenvalue weighted by Gasteiger charge is 2.34. The summed E-state index contributed by atoms with van der Waals surface area (Å²) >= 11 is 0. The third kappa shape index (κ3) is 5.76. The molecule has 0 bridgehead atoms. The molecule has 0 aromatic carbocycles. The lowest BCUT2D eigenvalue weighted by Crippen LogP contribution is -2.53. The van der Waals surface area contributed by atoms with Crippen molar-refractivity contribution in [2.75, 3.05) is 51.1 Å². The van der Waals surface area contributed by atoms with Crippen molar-refractivity contribution in [3.8, 4) is 0 Å². The van der Waals surface area contributed by atoms with Crippen LogP contribution in [-0.4, -0.2) is 93.9 Å². The van der Waals surface area contributed by atoms with E-state index in [1.54, 1.807) is 24.0 Å². The molecule has 2 saturated heterocycles. The van der Waals surface area contributed by atoms with Crippen molar-refractivity contribution in [2.45, 2.75) is 38.7 Å². The van der Waals surface area contributed by atoms with E-state index in [0.29, 0.717) is 56.9 Å². The standard InChI is InChI=1S/C21H31N5O4/c1-16(27)23-19-14-18(4-7-22-19)20(29)26-8-3-5-21(30,6-9-26)15-24-10-12-25(13-11-24)17(2)28/h4,7,14,30H,3,5-6,8-13,15H2,1-2H3,(H,22,23,27). The number of carbonyl (C=O) groups is 3. The molecule has 1 aromatic heterocycles. The van der Waals surface area contributed by atoms with Crippen molar-refractivity contribution in [2.24, 2.45) is 0 Å². The van der Waals surface area contributed by atoms with Gasteiger partial charge in [0.05, 0.1) is 5.60 Å². The lowest BCUT2D eigenvalue weighted by Gasteiger charge is -2.39. The second-order valence-corrected chi connectivity index (χ2v) is 8.26. The van der Waals surface area contributed by atoms with Crippen LogP contribution in [0.1, 0.15) is 43.5 Å². The van der Waals surface area contributed by atoms with Gasteiger partial charge in [-0.3, -0.25) is 19.3 Å². The molecule has 9 nitrogen and oxygen atoms in total. The van der Waals surface area contributed by atoms with E-state index in [0.717, 1.165) is 19.5 Å². The molecule has 3 amide bonds. The topological polar surface area (TPSA) is 106 Å². The molecule has 0 saturated carbocycles. The quantitative estimate of drug-likeness (QED) is 0.742. The summed E-state index contributed by atoms with van der Waals surface area (Å²) in [5.41, 5.74) is -0.368. The number of likely N-dealkylation sites (tertiary alicyclic amines) is 1. The number of aliphatic hydroxyl groups is 1. The maximum absolute atomic E-state index is 12.9. The van der Waals surface area contributed by atoms with Crippen LogP contribution in [0.5, 0.6) is 0 Å². The normalized spacial score (nSPS) is 23.0. The number of β-amino-alcohol motifs (C(OH)–C–C–N with tert-alkyl or cyclic N) is 1. The molecule has 2 aliphatic rings. The minimum Gasteiger partial charge on any atom is -0.388 e. The molecule has 30 heavy (non-hydrogen) atoms. The first-order valence-corrected chi connectivity index (χ1v) is 10.5. The fourth-order valence-electron chi connectivity index (χ4n) is 4.17. The summed E-state index contributed by atoms with van der Waals surface area (Å²) < 4.78 is 0. The molecule has 1 atom stereocenters. The first kappa shape index (κ1) is 22.2. The van der Waals surface area contributed by atoms with Gasteiger partial charge in [0.15, 0.2) is 0 Å². The maximum Gasteiger partial charge on any atom is 0.254 e. The molecule has 2 N–H and O–H groups in total. The van der Waals surface area contributed by atoms with E-state index in [1.165, 1.54) is 13.1 Å². The SMILES string of the molecule is CC(=O)Nc1cc(C(=O)N2CCCC(O)(CN3CCN(C(C)=O)CC3)CC2)ccn1. The van der Waals surface area contributed by atoms with Crippen molar-refractivity contribution in [1.82, 2.24) is 19.7 Å². The van der Waals surface area contributed by atoms with E-state index < -0.39 is 5.60 Å². The monoisotopic (exact) mass is 417 g/mol. The van der Waals surface area contributed by atoms with Gasteiger partial charge in [0.2, 0.25) is 11.8 Å². The molecular weight excluding hydrogens is 386 g/mol. The van der Waals surface area contributed by atoms with Crippen molar-refractivity contribution in [1.29, 1.82) is 0 Å². The number of nitrogens with one attached hydrogen (secondary N) is 1. The number of piperazine rings is 1. The van der Waals surface area contributed by atoms with Gasteiger partial charge in [0.1, 0.15) is 5.82 Å². The molecule has 3 heterocycles. The largest absolute Gasteiger partial charge is 0.388 e. The molecular formula is C21H31N5O4. The lowest BCUT2D eigenvalue weighted by atomic mass is 9.94. The van der Waals surface area contributed by atoms with Crippen LogP contribution in [0.3, 0.4) is 0 Å². The molecule has 1 aromatic rings. The third-order valence-corrected chi connectivity index (χ3v) is 5.85. The van der Waals surface area contributed by atoms with E-state index in [9.17, 15) is 19.5 Å². The highest BCUT2D eigenvalue weighted by molar-refractivity contribution is 5.96. The number of pyridine rings is 1. The van der Waals surface area contributed by atoms with Gasteiger partial charge in [-0.25, -0.2) is 4.98 Å². The first-order valence-electron chi connectivity index (χ1n) is 10.5. The summed E-state index contributed by atoms with van der Waals surface area (Å²) in [6, 6.07) is 3.22. The van der Waals surface area contributed by atoms with Gasteiger partial charge in [-0.2, -0.15) is 0 Å². The fraction of sp³-hybridized carbons (Fsp3) is 0.619. The predicted molar refractivity (Wildman–Crippen MR) is 112 cm³/mol. The van der Waals surface area contributed by atoms with Crippen LogP contribution >= 0.6 is 0 Å². The maximum atomic E-state index is 12.9. The average molecular weight is 418 g/mol. The van der Waals surface area contributed by atoms with Gasteiger partial charge in [0, 0.05) is 71.4 Å². The minimum atomic E-state index is -0.840. The number of nitrogens with zero attached hydrogens (tertiary/aromatic N) is 4. The van der Waals surface area contributed by atoms with Crippen LogP contribution in [0.15, 0.2) is 18.3 Å². The summed E-state index contributed by atoms with van der Waals surface area (Å²) in [4.78, 5) is 45.5. The molecule has 0 aliphatic carbocycles. The zero-order chi connectivity index (χ0) is 21.7. The van der Waals surface area contributed by atoms with Crippen LogP contribution in [0.2, 0.25) is 0 Å². The molecule has 164 valence electrons. The Hall–Kier alpha value is -2.52. The Bertz CT molecular complexity index is 793. The molecule has 3 rings (SSSR count). The lowest BCUT2D eigenvalue weighted by molar-refractivity contribution is -0.131. The third-order valence-electron chi connectivity index (χ3n) is 5.85. The minimum absolute atomic E-state index is 0.0924. The van der Waals surface area contributed by atoms with E-state index in [4.69, 9.17) is 0 Å². The summed E-state index contributed by atoms with van der Waals surface area (Å²) in [5.74, 6) is 0.0820. The van der Waals surface area contributed by atoms with Crippen LogP contribution < -0.4 is 5.32 Å². The van der Waals surface area contributed by atoms with E-state index in [1.807, 2.05) is 4.90 Å². The zero-order valence-corrected chi connectivity index (χ0v) is 17.8. The number of hydrogen-bond acceptors (Lipinski definition) is 6. The van der Waals surface area contributed by atoms with E-state index in [2.05, 4.69) is 15.2 Å². The van der Waals surface area contributed by atoms with E-state index in [-0.39, 0.29) is 17.7 Å². The highest BCUT2D eigenvalue weighted by Crippen LogP contribution is 2.25. The number of hydrogen-bond donors (Lipinski definition) is 2. The number of anilines is 1. The second kappa shape index (κ2) is 9.53. The Morgan fingerprint density at radius 1 is 1.07 bits per heavy atom. The average Bonchev–Trinajstić information content (AvgIpc) is 2.89. The molecule has 2 aliphatic heterocycles. The van der Waals surface area contributed by atoms with Crippen LogP contribution in [0, 0.1) is 0 Å². The summed E-state index contributed by atoms with van der Waals surface area (Å²) in [6.45, 7) is 7.48. The Kier molecular flexibility index (Phi) is 7.04. The van der Waals surface area contributed by atoms with Gasteiger partial charge < -0.3 is 20.2 Å². The van der Waals surface area contributed by atoms with Crippen LogP contribution in [-0.2, 0) is 9.59 Å². The van der Waals surface area contributed by atoms with Crippen molar-refractivity contribution < 1.29 is 19.5 Å².